The fourth-order valence-electron chi connectivity index (χ4n) is 7.81. The highest BCUT2D eigenvalue weighted by atomic mass is 31.3. The van der Waals surface area contributed by atoms with Crippen molar-refractivity contribution in [2.75, 3.05) is 66.1 Å². The largest absolute Gasteiger partial charge is 0.453 e. The molecule has 6 aliphatic rings. The Hall–Kier alpha value is -5.11. The zero-order valence-corrected chi connectivity index (χ0v) is 45.4. The Morgan fingerprint density at radius 3 is 1.22 bits per heavy atom. The van der Waals surface area contributed by atoms with E-state index in [1.165, 1.54) is 0 Å². The molecule has 6 aromatic carbocycles. The monoisotopic (exact) mass is 1120 g/mol. The topological polar surface area (TPSA) is 183 Å². The molecule has 1 N–H and O–H groups in total. The van der Waals surface area contributed by atoms with E-state index in [0.717, 1.165) is 27.8 Å². The number of nitrogens with one attached hydrogen (secondary N) is 1. The number of hydrogen-bond donors (Lipinski definition) is 1. The van der Waals surface area contributed by atoms with Crippen LogP contribution in [0.5, 0.6) is 46.0 Å². The Balaban J connectivity index is 0.911. The summed E-state index contributed by atoms with van der Waals surface area (Å²) in [6.45, 7) is 7.23. The minimum absolute atomic E-state index is 0.0759. The minimum atomic E-state index is -2.12. The number of hydrogen-bond acceptors (Lipinski definition) is 19. The first kappa shape index (κ1) is 53.5. The van der Waals surface area contributed by atoms with Crippen molar-refractivity contribution in [3.63, 3.8) is 0 Å². The van der Waals surface area contributed by atoms with Crippen LogP contribution in [0.2, 0.25) is 0 Å². The van der Waals surface area contributed by atoms with E-state index in [-0.39, 0.29) is 59.2 Å². The van der Waals surface area contributed by atoms with E-state index >= 15 is 0 Å². The first-order chi connectivity index (χ1) is 38.6. The maximum atomic E-state index is 7.28. The van der Waals surface area contributed by atoms with Crippen LogP contribution in [0, 0.1) is 0 Å². The van der Waals surface area contributed by atoms with E-state index < -0.39 is 16.9 Å². The van der Waals surface area contributed by atoms with Crippen molar-refractivity contribution in [1.82, 2.24) is 14.1 Å². The normalized spacial score (nSPS) is 23.4. The summed E-state index contributed by atoms with van der Waals surface area (Å²) in [7, 11) is -4.38. The summed E-state index contributed by atoms with van der Waals surface area (Å²) >= 11 is 0. The molecule has 0 aliphatic carbocycles. The van der Waals surface area contributed by atoms with Crippen molar-refractivity contribution in [1.29, 1.82) is 0 Å². The van der Waals surface area contributed by atoms with Gasteiger partial charge < -0.3 is 75.6 Å². The second-order valence-corrected chi connectivity index (χ2v) is 23.5. The quantitative estimate of drug-likeness (QED) is 0.0311. The van der Waals surface area contributed by atoms with E-state index in [4.69, 9.17) is 75.6 Å². The van der Waals surface area contributed by atoms with Gasteiger partial charge in [-0.3, -0.25) is 0 Å². The zero-order chi connectivity index (χ0) is 52.3. The van der Waals surface area contributed by atoms with Gasteiger partial charge in [0.1, 0.15) is 47.8 Å². The second-order valence-electron chi connectivity index (χ2n) is 18.8. The van der Waals surface area contributed by atoms with Crippen molar-refractivity contribution in [2.24, 2.45) is 0 Å². The Kier molecular flexibility index (Phi) is 18.1. The van der Waals surface area contributed by atoms with E-state index in [9.17, 15) is 0 Å². The van der Waals surface area contributed by atoms with Crippen LogP contribution >= 0.6 is 25.8 Å². The van der Waals surface area contributed by atoms with Gasteiger partial charge >= 0.3 is 8.45 Å². The molecule has 0 amide bonds. The molecule has 12 rings (SSSR count). The van der Waals surface area contributed by atoms with Crippen LogP contribution in [0.4, 0.5) is 0 Å². The average molecular weight is 1120 g/mol. The van der Waals surface area contributed by atoms with Crippen molar-refractivity contribution < 1.29 is 75.6 Å². The maximum absolute atomic E-state index is 7.28. The number of nitrogens with zero attached hydrogens (tertiary/aromatic N) is 2. The highest BCUT2D eigenvalue weighted by molar-refractivity contribution is 7.74. The van der Waals surface area contributed by atoms with Crippen LogP contribution in [0.1, 0.15) is 27.8 Å². The van der Waals surface area contributed by atoms with E-state index in [1.54, 1.807) is 9.21 Å². The van der Waals surface area contributed by atoms with Gasteiger partial charge in [-0.15, -0.1) is 0 Å². The van der Waals surface area contributed by atoms with Gasteiger partial charge in [-0.25, -0.2) is 4.86 Å². The van der Waals surface area contributed by atoms with E-state index in [2.05, 4.69) is 4.86 Å². The number of para-hydroxylation sites is 6. The molecule has 0 saturated carbocycles. The van der Waals surface area contributed by atoms with Gasteiger partial charge in [-0.05, 0) is 47.1 Å². The summed E-state index contributed by atoms with van der Waals surface area (Å²) in [6.07, 6.45) is 0.470. The zero-order valence-electron chi connectivity index (χ0n) is 42.6. The molecule has 0 spiro atoms. The molecule has 410 valence electrons. The Morgan fingerprint density at radius 2 is 0.756 bits per heavy atom. The molecule has 78 heavy (non-hydrogen) atoms. The summed E-state index contributed by atoms with van der Waals surface area (Å²) in [6, 6.07) is 44.3. The molecule has 6 saturated heterocycles. The highest BCUT2D eigenvalue weighted by Gasteiger charge is 2.47. The lowest BCUT2D eigenvalue weighted by atomic mass is 10.2. The third-order valence-electron chi connectivity index (χ3n) is 12.5. The van der Waals surface area contributed by atoms with Gasteiger partial charge in [0.2, 0.25) is 5.75 Å². The van der Waals surface area contributed by atoms with E-state index in [0.29, 0.717) is 125 Å². The van der Waals surface area contributed by atoms with Gasteiger partial charge in [0.25, 0.3) is 8.45 Å². The van der Waals surface area contributed by atoms with Crippen LogP contribution in [0.3, 0.4) is 0 Å². The van der Waals surface area contributed by atoms with Crippen molar-refractivity contribution in [3.8, 4) is 46.0 Å². The molecular weight excluding hydrogens is 1060 g/mol. The summed E-state index contributed by atoms with van der Waals surface area (Å²) in [5, 5.41) is 0. The Morgan fingerprint density at radius 1 is 0.397 bits per heavy atom. The van der Waals surface area contributed by atoms with Crippen LogP contribution in [0.15, 0.2) is 140 Å². The Labute approximate surface area is 456 Å². The lowest BCUT2D eigenvalue weighted by Crippen LogP contribution is -2.37. The fraction of sp³-hybridized carbons (Fsp3) is 0.357. The molecule has 0 bridgehead atoms. The molecule has 6 aliphatic heterocycles. The molecule has 6 fully saturated rings. The minimum Gasteiger partial charge on any atom is -0.453 e. The van der Waals surface area contributed by atoms with Crippen LogP contribution in [-0.2, 0) is 80.4 Å². The molecular formula is C56H60N3O16P3. The average Bonchev–Trinajstić information content (AvgIpc) is 4.25. The standard InChI is InChI=1S/C56H60N3O16P3/c1-6-17-49(39(12-1)24-60-29-44-34-65-44)70-54-22-11-23-55(56(54)71-50-18-7-2-13-40(50)25-61-30-45-35-66-45)74-77-57-76-58(72-51-19-8-3-14-41(51)26-62-31-46-36-67-46)78(75-53-21-10-5-16-43(53)28-64-33-48-38-69-48)59(77)73-52-20-9-4-15-42(52)27-63-32-47-37-68-47/h1-23,44-48,57,76H,24-38H2. The SMILES string of the molecule is c1ccc(Oc2cccc(OP3NPN(Oc4ccccc4COCC4CO4)P(Oc4ccccc4COCC4CO4)N3Oc3ccccc3COCC3CO3)c2Oc2ccccc2COCC2CO2)c(COCC2CO2)c1. The number of benzene rings is 6. The lowest BCUT2D eigenvalue weighted by molar-refractivity contribution is 0.0576. The van der Waals surface area contributed by atoms with Gasteiger partial charge in [-0.2, -0.15) is 0 Å². The highest BCUT2D eigenvalue weighted by Crippen LogP contribution is 2.67. The molecule has 19 nitrogen and oxygen atoms in total. The lowest BCUT2D eigenvalue weighted by Gasteiger charge is -2.42. The maximum Gasteiger partial charge on any atom is 0.332 e. The van der Waals surface area contributed by atoms with Crippen molar-refractivity contribution >= 4 is 25.8 Å². The summed E-state index contributed by atoms with van der Waals surface area (Å²) in [5.74, 6) is 3.81. The summed E-state index contributed by atoms with van der Waals surface area (Å²) in [5.41, 5.74) is 4.11. The summed E-state index contributed by atoms with van der Waals surface area (Å²) in [4.78, 5) is 17.8. The van der Waals surface area contributed by atoms with Gasteiger partial charge in [0.15, 0.2) is 23.0 Å². The molecule has 8 unspecified atom stereocenters. The fourth-order valence-corrected chi connectivity index (χ4v) is 13.4. The van der Waals surface area contributed by atoms with Crippen LogP contribution in [0.25, 0.3) is 0 Å². The molecule has 0 aromatic heterocycles. The first-order valence-electron chi connectivity index (χ1n) is 25.9. The second kappa shape index (κ2) is 26.4. The molecule has 6 heterocycles. The van der Waals surface area contributed by atoms with Gasteiger partial charge in [0.05, 0.1) is 108 Å². The van der Waals surface area contributed by atoms with Crippen molar-refractivity contribution in [3.05, 3.63) is 167 Å². The Bertz CT molecular complexity index is 2910. The third-order valence-corrected chi connectivity index (χ3v) is 17.6. The summed E-state index contributed by atoms with van der Waals surface area (Å²) < 4.78 is 89.6. The smallest absolute Gasteiger partial charge is 0.332 e. The molecule has 0 radical (unpaired) electrons. The van der Waals surface area contributed by atoms with Gasteiger partial charge in [-0.1, -0.05) is 97.1 Å². The van der Waals surface area contributed by atoms with Crippen LogP contribution in [-0.4, -0.2) is 106 Å². The number of ether oxygens (including phenoxy) is 12. The number of epoxide rings is 5. The molecule has 8 atom stereocenters. The predicted molar refractivity (Wildman–Crippen MR) is 287 cm³/mol. The third kappa shape index (κ3) is 15.4. The van der Waals surface area contributed by atoms with Gasteiger partial charge in [0, 0.05) is 32.4 Å². The van der Waals surface area contributed by atoms with Crippen LogP contribution < -0.4 is 33.1 Å². The van der Waals surface area contributed by atoms with Crippen molar-refractivity contribution in [2.45, 2.75) is 63.6 Å². The van der Waals surface area contributed by atoms with E-state index in [1.807, 2.05) is 140 Å². The number of rotatable bonds is 32. The first-order valence-corrected chi connectivity index (χ1v) is 29.2. The molecule has 6 aromatic rings. The molecule has 22 heteroatoms. The predicted octanol–water partition coefficient (Wildman–Crippen LogP) is 10.5.